The van der Waals surface area contributed by atoms with Crippen LogP contribution >= 0.6 is 11.6 Å². The molecule has 1 fully saturated rings. The fourth-order valence-corrected chi connectivity index (χ4v) is 3.31. The van der Waals surface area contributed by atoms with Crippen molar-refractivity contribution < 1.29 is 13.9 Å². The summed E-state index contributed by atoms with van der Waals surface area (Å²) in [5, 5.41) is 24.7. The average molecular weight is 451 g/mol. The summed E-state index contributed by atoms with van der Waals surface area (Å²) in [5.74, 6) is 0.432. The number of ether oxygens (including phenoxy) is 2. The molecule has 4 rings (SSSR count). The van der Waals surface area contributed by atoms with Crippen LogP contribution in [0.1, 0.15) is 6.42 Å². The van der Waals surface area contributed by atoms with Crippen molar-refractivity contribution in [3.8, 4) is 17.9 Å². The summed E-state index contributed by atoms with van der Waals surface area (Å²) in [5.41, 5.74) is 1.57. The number of nitrogens with zero attached hydrogens (tertiary/aromatic N) is 4. The highest BCUT2D eigenvalue weighted by molar-refractivity contribution is 6.31. The van der Waals surface area contributed by atoms with E-state index in [1.165, 1.54) is 24.7 Å². The molecule has 2 heterocycles. The van der Waals surface area contributed by atoms with Gasteiger partial charge in [0.2, 0.25) is 0 Å². The van der Waals surface area contributed by atoms with Crippen molar-refractivity contribution in [1.29, 1.82) is 10.5 Å². The number of anilines is 3. The van der Waals surface area contributed by atoms with E-state index < -0.39 is 5.82 Å². The van der Waals surface area contributed by atoms with Gasteiger partial charge >= 0.3 is 0 Å². The van der Waals surface area contributed by atoms with Crippen LogP contribution in [0.25, 0.3) is 10.9 Å². The van der Waals surface area contributed by atoms with Crippen molar-refractivity contribution in [2.75, 3.05) is 23.8 Å². The Kier molecular flexibility index (Phi) is 6.31. The van der Waals surface area contributed by atoms with Gasteiger partial charge in [-0.2, -0.15) is 10.5 Å². The second kappa shape index (κ2) is 9.48. The molecule has 0 radical (unpaired) electrons. The number of fused-ring (bicyclic) bond motifs is 1. The van der Waals surface area contributed by atoms with Gasteiger partial charge in [0, 0.05) is 29.8 Å². The van der Waals surface area contributed by atoms with Crippen molar-refractivity contribution in [2.24, 2.45) is 0 Å². The molecule has 1 aliphatic rings. The Morgan fingerprint density at radius 3 is 2.81 bits per heavy atom. The normalized spacial score (nSPS) is 14.9. The van der Waals surface area contributed by atoms with Crippen LogP contribution in [0.3, 0.4) is 0 Å². The predicted octanol–water partition coefficient (Wildman–Crippen LogP) is 4.68. The lowest BCUT2D eigenvalue weighted by molar-refractivity contribution is 0.142. The minimum absolute atomic E-state index is 0.0177. The van der Waals surface area contributed by atoms with Gasteiger partial charge in [-0.05, 0) is 24.3 Å². The van der Waals surface area contributed by atoms with E-state index in [1.54, 1.807) is 30.3 Å². The van der Waals surface area contributed by atoms with E-state index >= 15 is 0 Å². The van der Waals surface area contributed by atoms with E-state index in [4.69, 9.17) is 31.6 Å². The molecule has 3 aromatic rings. The van der Waals surface area contributed by atoms with Gasteiger partial charge < -0.3 is 20.1 Å². The highest BCUT2D eigenvalue weighted by Gasteiger charge is 2.20. The van der Waals surface area contributed by atoms with Crippen molar-refractivity contribution in [3.63, 3.8) is 0 Å². The number of aromatic nitrogens is 2. The zero-order valence-electron chi connectivity index (χ0n) is 16.6. The summed E-state index contributed by atoms with van der Waals surface area (Å²) in [6, 6.07) is 11.3. The first-order chi connectivity index (χ1) is 15.6. The van der Waals surface area contributed by atoms with Gasteiger partial charge in [-0.25, -0.2) is 14.4 Å². The summed E-state index contributed by atoms with van der Waals surface area (Å²) in [7, 11) is 0. The quantitative estimate of drug-likeness (QED) is 0.520. The third-order valence-electron chi connectivity index (χ3n) is 4.71. The van der Waals surface area contributed by atoms with Crippen LogP contribution in [0.15, 0.2) is 48.4 Å². The lowest BCUT2D eigenvalue weighted by Gasteiger charge is -2.17. The van der Waals surface area contributed by atoms with Gasteiger partial charge in [-0.15, -0.1) is 0 Å². The molecular weight excluding hydrogens is 435 g/mol. The van der Waals surface area contributed by atoms with Gasteiger partial charge in [-0.1, -0.05) is 11.6 Å². The molecule has 0 bridgehead atoms. The Balaban J connectivity index is 1.75. The zero-order chi connectivity index (χ0) is 22.5. The third kappa shape index (κ3) is 4.70. The number of benzene rings is 2. The monoisotopic (exact) mass is 450 g/mol. The molecule has 0 amide bonds. The molecule has 1 saturated heterocycles. The van der Waals surface area contributed by atoms with Crippen LogP contribution < -0.4 is 15.4 Å². The summed E-state index contributed by atoms with van der Waals surface area (Å²) in [4.78, 5) is 8.61. The lowest BCUT2D eigenvalue weighted by Crippen LogP contribution is -2.16. The van der Waals surface area contributed by atoms with Crippen LogP contribution in [0.2, 0.25) is 5.02 Å². The largest absolute Gasteiger partial charge is 0.486 e. The first kappa shape index (κ1) is 21.3. The van der Waals surface area contributed by atoms with E-state index in [0.717, 1.165) is 6.42 Å². The van der Waals surface area contributed by atoms with Crippen LogP contribution in [0.4, 0.5) is 21.6 Å². The number of nitriles is 2. The molecule has 10 heteroatoms. The molecule has 8 nitrogen and oxygen atoms in total. The lowest BCUT2D eigenvalue weighted by atomic mass is 10.1. The molecule has 0 spiro atoms. The first-order valence-corrected chi connectivity index (χ1v) is 9.97. The second-order valence-electron chi connectivity index (χ2n) is 6.87. The number of hydrogen-bond donors (Lipinski definition) is 2. The smallest absolute Gasteiger partial charge is 0.145 e. The molecule has 0 aliphatic carbocycles. The van der Waals surface area contributed by atoms with Crippen LogP contribution in [0, 0.1) is 28.5 Å². The topological polar surface area (TPSA) is 116 Å². The van der Waals surface area contributed by atoms with Gasteiger partial charge in [0.25, 0.3) is 0 Å². The van der Waals surface area contributed by atoms with Crippen molar-refractivity contribution >= 4 is 39.7 Å². The minimum Gasteiger partial charge on any atom is -0.486 e. The fourth-order valence-electron chi connectivity index (χ4n) is 3.13. The van der Waals surface area contributed by atoms with E-state index in [1.807, 2.05) is 0 Å². The Bertz CT molecular complexity index is 1260. The Morgan fingerprint density at radius 2 is 2.09 bits per heavy atom. The molecule has 160 valence electrons. The van der Waals surface area contributed by atoms with Crippen LogP contribution in [0.5, 0.6) is 5.75 Å². The predicted molar refractivity (Wildman–Crippen MR) is 117 cm³/mol. The molecule has 1 aliphatic heterocycles. The van der Waals surface area contributed by atoms with E-state index in [-0.39, 0.29) is 16.7 Å². The summed E-state index contributed by atoms with van der Waals surface area (Å²) < 4.78 is 25.0. The maximum absolute atomic E-state index is 13.5. The summed E-state index contributed by atoms with van der Waals surface area (Å²) in [6.45, 7) is 1.08. The zero-order valence-corrected chi connectivity index (χ0v) is 17.4. The molecule has 32 heavy (non-hydrogen) atoms. The van der Waals surface area contributed by atoms with E-state index in [0.29, 0.717) is 47.1 Å². The summed E-state index contributed by atoms with van der Waals surface area (Å²) >= 11 is 5.88. The number of nitrogens with one attached hydrogen (secondary N) is 2. The number of hydrogen-bond acceptors (Lipinski definition) is 8. The molecule has 2 N–H and O–H groups in total. The van der Waals surface area contributed by atoms with Crippen molar-refractivity contribution in [3.05, 3.63) is 59.3 Å². The summed E-state index contributed by atoms with van der Waals surface area (Å²) in [6.07, 6.45) is 3.32. The number of allylic oxidation sites excluding steroid dienone is 1. The minimum atomic E-state index is -0.522. The van der Waals surface area contributed by atoms with Crippen molar-refractivity contribution in [1.82, 2.24) is 9.97 Å². The molecule has 2 aromatic carbocycles. The Hall–Kier alpha value is -3.92. The molecule has 1 unspecified atom stereocenters. The molecule has 0 saturated carbocycles. The molecular formula is C22H16ClFN6O2. The average Bonchev–Trinajstić information content (AvgIpc) is 3.30. The number of rotatable bonds is 6. The van der Waals surface area contributed by atoms with E-state index in [2.05, 4.69) is 20.6 Å². The highest BCUT2D eigenvalue weighted by Crippen LogP contribution is 2.35. The van der Waals surface area contributed by atoms with Gasteiger partial charge in [-0.3, -0.25) is 0 Å². The maximum Gasteiger partial charge on any atom is 0.145 e. The van der Waals surface area contributed by atoms with Crippen LogP contribution in [-0.2, 0) is 4.74 Å². The highest BCUT2D eigenvalue weighted by atomic mass is 35.5. The molecule has 1 aromatic heterocycles. The fraction of sp³-hybridized carbons (Fsp3) is 0.182. The third-order valence-corrected chi connectivity index (χ3v) is 5.00. The molecule has 1 atom stereocenters. The van der Waals surface area contributed by atoms with Gasteiger partial charge in [0.05, 0.1) is 29.4 Å². The Labute approximate surface area is 187 Å². The van der Waals surface area contributed by atoms with Gasteiger partial charge in [0.1, 0.15) is 47.5 Å². The maximum atomic E-state index is 13.5. The van der Waals surface area contributed by atoms with Gasteiger partial charge in [0.15, 0.2) is 0 Å². The number of halogens is 2. The second-order valence-corrected chi connectivity index (χ2v) is 7.28. The van der Waals surface area contributed by atoms with Crippen molar-refractivity contribution in [2.45, 2.75) is 12.5 Å². The standard InChI is InChI=1S/C22H16ClFN6O2/c23-17-5-14(1-2-18(17)24)30-22-16-6-20(27-10-13(8-25)9-26)21(7-19(16)28-12-29-22)32-15-3-4-31-11-15/h1-2,5-7,10,12,15,27H,3-4,11H2,(H,28,29,30). The first-order valence-electron chi connectivity index (χ1n) is 9.59. The van der Waals surface area contributed by atoms with Crippen LogP contribution in [-0.4, -0.2) is 29.3 Å². The van der Waals surface area contributed by atoms with E-state index in [9.17, 15) is 4.39 Å². The SMILES string of the molecule is N#CC(C#N)=CNc1cc2c(Nc3ccc(F)c(Cl)c3)ncnc2cc1OC1CCOC1. The Morgan fingerprint density at radius 1 is 1.25 bits per heavy atom.